The van der Waals surface area contributed by atoms with E-state index in [1.54, 1.807) is 0 Å². The summed E-state index contributed by atoms with van der Waals surface area (Å²) < 4.78 is 12.2. The van der Waals surface area contributed by atoms with Gasteiger partial charge >= 0.3 is 5.97 Å². The van der Waals surface area contributed by atoms with Crippen molar-refractivity contribution in [3.8, 4) is 0 Å². The largest absolute Gasteiger partial charge is 0.518 e. The van der Waals surface area contributed by atoms with Crippen LogP contribution in [0.3, 0.4) is 0 Å². The molecule has 0 radical (unpaired) electrons. The van der Waals surface area contributed by atoms with Crippen LogP contribution in [0.15, 0.2) is 60.7 Å². The zero-order valence-electron chi connectivity index (χ0n) is 16.7. The molecule has 0 unspecified atom stereocenters. The Kier molecular flexibility index (Phi) is 6.26. The fourth-order valence-electron chi connectivity index (χ4n) is 3.30. The van der Waals surface area contributed by atoms with Crippen molar-refractivity contribution >= 4 is 33.0 Å². The summed E-state index contributed by atoms with van der Waals surface area (Å²) in [6.45, 7) is 12.6. The minimum absolute atomic E-state index is 0.0163. The molecule has 0 atom stereocenters. The van der Waals surface area contributed by atoms with E-state index in [1.807, 2.05) is 56.0 Å². The Morgan fingerprint density at radius 3 is 1.62 bits per heavy atom. The van der Waals surface area contributed by atoms with Crippen LogP contribution in [-0.2, 0) is 13.6 Å². The highest BCUT2D eigenvalue weighted by Crippen LogP contribution is 2.36. The number of benzene rings is 2. The summed E-state index contributed by atoms with van der Waals surface area (Å²) in [5.74, 6) is -0.267. The summed E-state index contributed by atoms with van der Waals surface area (Å²) in [6.07, 6.45) is 0. The lowest BCUT2D eigenvalue weighted by atomic mass is 10.2. The number of carbonyl (C=O) groups is 1. The van der Waals surface area contributed by atoms with E-state index in [0.717, 1.165) is 0 Å². The van der Waals surface area contributed by atoms with E-state index in [-0.39, 0.29) is 17.6 Å². The molecule has 2 aromatic carbocycles. The van der Waals surface area contributed by atoms with Gasteiger partial charge in [0.2, 0.25) is 8.32 Å². The SMILES string of the molecule is CC(C)(C)[Si](OCC(=O)O[Si](C)(C)C)(c1ccccc1)c1ccccc1. The molecule has 0 aliphatic carbocycles. The predicted octanol–water partition coefficient (Wildman–Crippen LogP) is 3.94. The van der Waals surface area contributed by atoms with Gasteiger partial charge in [0.25, 0.3) is 8.32 Å². The molecule has 0 saturated heterocycles. The highest BCUT2D eigenvalue weighted by atomic mass is 28.4. The van der Waals surface area contributed by atoms with E-state index in [2.05, 4.69) is 45.0 Å². The van der Waals surface area contributed by atoms with E-state index >= 15 is 0 Å². The Bertz CT molecular complexity index is 677. The molecule has 26 heavy (non-hydrogen) atoms. The van der Waals surface area contributed by atoms with E-state index in [1.165, 1.54) is 10.4 Å². The maximum Gasteiger partial charge on any atom is 0.317 e. The average Bonchev–Trinajstić information content (AvgIpc) is 2.54. The van der Waals surface area contributed by atoms with Gasteiger partial charge in [0, 0.05) is 0 Å². The minimum Gasteiger partial charge on any atom is -0.518 e. The van der Waals surface area contributed by atoms with E-state index in [9.17, 15) is 4.79 Å². The highest BCUT2D eigenvalue weighted by Gasteiger charge is 2.50. The number of rotatable bonds is 6. The fourth-order valence-corrected chi connectivity index (χ4v) is 8.53. The third-order valence-electron chi connectivity index (χ3n) is 4.24. The molecule has 2 aromatic rings. The molecular formula is C21H30O3Si2. The molecule has 2 rings (SSSR count). The van der Waals surface area contributed by atoms with Crippen molar-refractivity contribution in [2.24, 2.45) is 0 Å². The summed E-state index contributed by atoms with van der Waals surface area (Å²) in [5, 5.41) is 2.19. The molecule has 5 heteroatoms. The predicted molar refractivity (Wildman–Crippen MR) is 113 cm³/mol. The first-order chi connectivity index (χ1) is 12.1. The molecule has 0 aliphatic rings. The summed E-state index contributed by atoms with van der Waals surface area (Å²) in [7, 11) is -4.61. The third kappa shape index (κ3) is 4.72. The molecule has 0 aromatic heterocycles. The zero-order chi connectivity index (χ0) is 19.4. The van der Waals surface area contributed by atoms with Gasteiger partial charge in [0.05, 0.1) is 0 Å². The standard InChI is InChI=1S/C21H30O3Si2/c1-21(2,3)26(18-13-9-7-10-14-18,19-15-11-8-12-16-19)23-17-20(22)24-25(4,5)6/h7-16H,17H2,1-6H3. The smallest absolute Gasteiger partial charge is 0.317 e. The van der Waals surface area contributed by atoms with Gasteiger partial charge in [0.1, 0.15) is 6.61 Å². The van der Waals surface area contributed by atoms with Crippen molar-refractivity contribution in [2.45, 2.75) is 45.5 Å². The van der Waals surface area contributed by atoms with Gasteiger partial charge in [-0.05, 0) is 35.1 Å². The Hall–Kier alpha value is -1.70. The second kappa shape index (κ2) is 7.90. The average molecular weight is 387 g/mol. The molecule has 0 amide bonds. The normalized spacial score (nSPS) is 12.7. The van der Waals surface area contributed by atoms with E-state index < -0.39 is 16.6 Å². The molecule has 0 saturated carbocycles. The first kappa shape index (κ1) is 20.6. The Morgan fingerprint density at radius 1 is 0.846 bits per heavy atom. The van der Waals surface area contributed by atoms with Crippen molar-refractivity contribution in [3.63, 3.8) is 0 Å². The monoisotopic (exact) mass is 386 g/mol. The summed E-state index contributed by atoms with van der Waals surface area (Å²) in [6, 6.07) is 20.6. The topological polar surface area (TPSA) is 35.5 Å². The van der Waals surface area contributed by atoms with E-state index in [0.29, 0.717) is 0 Å². The summed E-state index contributed by atoms with van der Waals surface area (Å²) in [4.78, 5) is 12.4. The van der Waals surface area contributed by atoms with Gasteiger partial charge < -0.3 is 8.85 Å². The Labute approximate surface area is 159 Å². The Balaban J connectivity index is 2.49. The van der Waals surface area contributed by atoms with Gasteiger partial charge in [-0.25, -0.2) is 0 Å². The van der Waals surface area contributed by atoms with Gasteiger partial charge in [-0.15, -0.1) is 0 Å². The maximum absolute atomic E-state index is 12.4. The first-order valence-electron chi connectivity index (χ1n) is 9.03. The molecule has 3 nitrogen and oxygen atoms in total. The van der Waals surface area contributed by atoms with Crippen molar-refractivity contribution in [1.82, 2.24) is 0 Å². The van der Waals surface area contributed by atoms with Crippen LogP contribution < -0.4 is 10.4 Å². The summed E-state index contributed by atoms with van der Waals surface area (Å²) in [5.41, 5.74) is 0. The lowest BCUT2D eigenvalue weighted by Crippen LogP contribution is -2.67. The Morgan fingerprint density at radius 2 is 1.27 bits per heavy atom. The summed E-state index contributed by atoms with van der Waals surface area (Å²) >= 11 is 0. The quantitative estimate of drug-likeness (QED) is 0.706. The van der Waals surface area contributed by atoms with Crippen LogP contribution in [0.25, 0.3) is 0 Å². The lowest BCUT2D eigenvalue weighted by Gasteiger charge is -2.42. The van der Waals surface area contributed by atoms with Gasteiger partial charge in [-0.3, -0.25) is 4.79 Å². The van der Waals surface area contributed by atoms with Crippen LogP contribution in [0.4, 0.5) is 0 Å². The van der Waals surface area contributed by atoms with Crippen molar-refractivity contribution in [3.05, 3.63) is 60.7 Å². The lowest BCUT2D eigenvalue weighted by molar-refractivity contribution is -0.137. The number of hydrogen-bond donors (Lipinski definition) is 0. The molecule has 0 spiro atoms. The van der Waals surface area contributed by atoms with Crippen molar-refractivity contribution in [2.75, 3.05) is 6.61 Å². The third-order valence-corrected chi connectivity index (χ3v) is 10.1. The molecule has 0 bridgehead atoms. The molecule has 0 heterocycles. The van der Waals surface area contributed by atoms with Gasteiger partial charge in [-0.2, -0.15) is 0 Å². The highest BCUT2D eigenvalue weighted by molar-refractivity contribution is 6.99. The second-order valence-electron chi connectivity index (χ2n) is 8.54. The van der Waals surface area contributed by atoms with Crippen LogP contribution in [0.2, 0.25) is 24.7 Å². The molecule has 140 valence electrons. The van der Waals surface area contributed by atoms with Crippen LogP contribution >= 0.6 is 0 Å². The van der Waals surface area contributed by atoms with Crippen LogP contribution in [0.1, 0.15) is 20.8 Å². The second-order valence-corrected chi connectivity index (χ2v) is 17.3. The molecule has 0 fully saturated rings. The van der Waals surface area contributed by atoms with Crippen LogP contribution in [-0.4, -0.2) is 29.2 Å². The van der Waals surface area contributed by atoms with Gasteiger partial charge in [0.15, 0.2) is 0 Å². The van der Waals surface area contributed by atoms with E-state index in [4.69, 9.17) is 8.85 Å². The molecular weight excluding hydrogens is 356 g/mol. The van der Waals surface area contributed by atoms with Gasteiger partial charge in [-0.1, -0.05) is 81.4 Å². The number of carbonyl (C=O) groups excluding carboxylic acids is 1. The first-order valence-corrected chi connectivity index (χ1v) is 14.3. The van der Waals surface area contributed by atoms with Crippen molar-refractivity contribution < 1.29 is 13.6 Å². The number of hydrogen-bond acceptors (Lipinski definition) is 3. The molecule has 0 aliphatic heterocycles. The maximum atomic E-state index is 12.4. The molecule has 0 N–H and O–H groups in total. The van der Waals surface area contributed by atoms with Crippen LogP contribution in [0.5, 0.6) is 0 Å². The fraction of sp³-hybridized carbons (Fsp3) is 0.381. The zero-order valence-corrected chi connectivity index (χ0v) is 18.7. The minimum atomic E-state index is -2.67. The van der Waals surface area contributed by atoms with Crippen molar-refractivity contribution in [1.29, 1.82) is 0 Å². The van der Waals surface area contributed by atoms with Crippen LogP contribution in [0, 0.1) is 0 Å².